The SMILES string of the molecule is Cc1cn(CCC(=O)Nc2cnn(CCOCc3ccccc3)c2)c2ccccc12. The van der Waals surface area contributed by atoms with Crippen LogP contribution in [0.4, 0.5) is 5.69 Å². The lowest BCUT2D eigenvalue weighted by Crippen LogP contribution is -2.14. The molecule has 4 aromatic rings. The molecule has 4 rings (SSSR count). The average molecular weight is 402 g/mol. The lowest BCUT2D eigenvalue weighted by atomic mass is 10.2. The number of aryl methyl sites for hydroxylation is 2. The Morgan fingerprint density at radius 2 is 1.83 bits per heavy atom. The van der Waals surface area contributed by atoms with Crippen LogP contribution >= 0.6 is 0 Å². The molecule has 1 amide bonds. The molecule has 0 radical (unpaired) electrons. The van der Waals surface area contributed by atoms with Crippen molar-refractivity contribution < 1.29 is 9.53 Å². The fraction of sp³-hybridized carbons (Fsp3) is 0.250. The molecule has 0 saturated carbocycles. The van der Waals surface area contributed by atoms with Crippen molar-refractivity contribution in [3.63, 3.8) is 0 Å². The first kappa shape index (κ1) is 19.9. The fourth-order valence-electron chi connectivity index (χ4n) is 3.53. The van der Waals surface area contributed by atoms with Gasteiger partial charge in [0.1, 0.15) is 0 Å². The van der Waals surface area contributed by atoms with Crippen LogP contribution in [0.25, 0.3) is 10.9 Å². The smallest absolute Gasteiger partial charge is 0.226 e. The highest BCUT2D eigenvalue weighted by molar-refractivity contribution is 5.90. The molecule has 0 spiro atoms. The summed E-state index contributed by atoms with van der Waals surface area (Å²) in [6.45, 7) is 4.51. The molecule has 0 saturated heterocycles. The van der Waals surface area contributed by atoms with E-state index in [0.717, 1.165) is 11.1 Å². The van der Waals surface area contributed by atoms with E-state index in [1.165, 1.54) is 10.9 Å². The highest BCUT2D eigenvalue weighted by atomic mass is 16.5. The maximum absolute atomic E-state index is 12.4. The number of ether oxygens (including phenoxy) is 1. The predicted octanol–water partition coefficient (Wildman–Crippen LogP) is 4.39. The lowest BCUT2D eigenvalue weighted by Gasteiger charge is -2.06. The van der Waals surface area contributed by atoms with Crippen molar-refractivity contribution in [2.75, 3.05) is 11.9 Å². The molecular formula is C24H26N4O2. The first-order valence-electron chi connectivity index (χ1n) is 10.2. The van der Waals surface area contributed by atoms with Crippen molar-refractivity contribution in [1.29, 1.82) is 0 Å². The third-order valence-corrected chi connectivity index (χ3v) is 5.06. The highest BCUT2D eigenvalue weighted by Crippen LogP contribution is 2.20. The summed E-state index contributed by atoms with van der Waals surface area (Å²) in [4.78, 5) is 12.4. The van der Waals surface area contributed by atoms with Gasteiger partial charge in [-0.25, -0.2) is 0 Å². The Balaban J connectivity index is 1.22. The van der Waals surface area contributed by atoms with Gasteiger partial charge in [0.2, 0.25) is 5.91 Å². The Morgan fingerprint density at radius 1 is 1.03 bits per heavy atom. The number of amides is 1. The van der Waals surface area contributed by atoms with Gasteiger partial charge in [0, 0.05) is 36.3 Å². The van der Waals surface area contributed by atoms with Gasteiger partial charge < -0.3 is 14.6 Å². The van der Waals surface area contributed by atoms with Gasteiger partial charge >= 0.3 is 0 Å². The van der Waals surface area contributed by atoms with Crippen LogP contribution in [0.5, 0.6) is 0 Å². The molecule has 1 N–H and O–H groups in total. The summed E-state index contributed by atoms with van der Waals surface area (Å²) in [6, 6.07) is 18.3. The van der Waals surface area contributed by atoms with Crippen LogP contribution in [0, 0.1) is 6.92 Å². The molecule has 154 valence electrons. The van der Waals surface area contributed by atoms with Gasteiger partial charge in [-0.1, -0.05) is 48.5 Å². The second-order valence-corrected chi connectivity index (χ2v) is 7.35. The van der Waals surface area contributed by atoms with Crippen LogP contribution in [0.15, 0.2) is 73.2 Å². The number of carbonyl (C=O) groups is 1. The first-order valence-corrected chi connectivity index (χ1v) is 10.2. The molecule has 0 bridgehead atoms. The van der Waals surface area contributed by atoms with Gasteiger partial charge in [-0.2, -0.15) is 5.10 Å². The third-order valence-electron chi connectivity index (χ3n) is 5.06. The molecule has 2 heterocycles. The van der Waals surface area contributed by atoms with Gasteiger partial charge in [-0.3, -0.25) is 9.48 Å². The topological polar surface area (TPSA) is 61.1 Å². The van der Waals surface area contributed by atoms with E-state index in [2.05, 4.69) is 40.2 Å². The van der Waals surface area contributed by atoms with Crippen LogP contribution in [0.1, 0.15) is 17.5 Å². The van der Waals surface area contributed by atoms with Gasteiger partial charge in [0.05, 0.1) is 31.6 Å². The third kappa shape index (κ3) is 4.96. The van der Waals surface area contributed by atoms with Crippen LogP contribution in [0.3, 0.4) is 0 Å². The van der Waals surface area contributed by atoms with E-state index in [1.54, 1.807) is 10.9 Å². The molecule has 0 atom stereocenters. The number of nitrogens with one attached hydrogen (secondary N) is 1. The van der Waals surface area contributed by atoms with E-state index in [1.807, 2.05) is 48.7 Å². The molecular weight excluding hydrogens is 376 g/mol. The second kappa shape index (κ2) is 9.41. The summed E-state index contributed by atoms with van der Waals surface area (Å²) in [5.74, 6) is -0.0229. The number of hydrogen-bond acceptors (Lipinski definition) is 3. The van der Waals surface area contributed by atoms with Crippen LogP contribution in [0.2, 0.25) is 0 Å². The van der Waals surface area contributed by atoms with E-state index in [9.17, 15) is 4.79 Å². The molecule has 6 heteroatoms. The Hall–Kier alpha value is -3.38. The Morgan fingerprint density at radius 3 is 2.70 bits per heavy atom. The molecule has 0 aliphatic rings. The normalized spacial score (nSPS) is 11.1. The van der Waals surface area contributed by atoms with E-state index in [0.29, 0.717) is 38.4 Å². The molecule has 0 fully saturated rings. The molecule has 0 aliphatic heterocycles. The number of nitrogens with zero attached hydrogens (tertiary/aromatic N) is 3. The summed E-state index contributed by atoms with van der Waals surface area (Å²) in [6.07, 6.45) is 6.01. The van der Waals surface area contributed by atoms with Crippen molar-refractivity contribution in [1.82, 2.24) is 14.3 Å². The molecule has 0 aliphatic carbocycles. The number of rotatable bonds is 9. The summed E-state index contributed by atoms with van der Waals surface area (Å²) < 4.78 is 9.61. The average Bonchev–Trinajstić information content (AvgIpc) is 3.35. The minimum atomic E-state index is -0.0229. The monoisotopic (exact) mass is 402 g/mol. The predicted molar refractivity (Wildman–Crippen MR) is 118 cm³/mol. The zero-order chi connectivity index (χ0) is 20.8. The van der Waals surface area contributed by atoms with E-state index < -0.39 is 0 Å². The van der Waals surface area contributed by atoms with E-state index >= 15 is 0 Å². The summed E-state index contributed by atoms with van der Waals surface area (Å²) in [7, 11) is 0. The molecule has 2 aromatic heterocycles. The van der Waals surface area contributed by atoms with E-state index in [4.69, 9.17) is 4.74 Å². The van der Waals surface area contributed by atoms with Gasteiger partial charge in [0.25, 0.3) is 0 Å². The Kier molecular flexibility index (Phi) is 6.25. The molecule has 2 aromatic carbocycles. The number of benzene rings is 2. The van der Waals surface area contributed by atoms with Crippen molar-refractivity contribution >= 4 is 22.5 Å². The number of hydrogen-bond donors (Lipinski definition) is 1. The Bertz CT molecular complexity index is 1110. The van der Waals surface area contributed by atoms with Crippen molar-refractivity contribution in [3.05, 3.63) is 84.3 Å². The highest BCUT2D eigenvalue weighted by Gasteiger charge is 2.08. The fourth-order valence-corrected chi connectivity index (χ4v) is 3.53. The van der Waals surface area contributed by atoms with Crippen molar-refractivity contribution in [2.24, 2.45) is 0 Å². The standard InChI is InChI=1S/C24H26N4O2/c1-19-16-27(23-10-6-5-9-22(19)23)12-11-24(29)26-21-15-25-28(17-21)13-14-30-18-20-7-3-2-4-8-20/h2-10,15-17H,11-14,18H2,1H3,(H,26,29). The number of aromatic nitrogens is 3. The van der Waals surface area contributed by atoms with Crippen molar-refractivity contribution in [3.8, 4) is 0 Å². The number of carbonyl (C=O) groups excluding carboxylic acids is 1. The summed E-state index contributed by atoms with van der Waals surface area (Å²) in [5, 5.41) is 8.45. The zero-order valence-corrected chi connectivity index (χ0v) is 17.1. The van der Waals surface area contributed by atoms with Crippen LogP contribution in [-0.4, -0.2) is 26.9 Å². The van der Waals surface area contributed by atoms with Crippen LogP contribution < -0.4 is 5.32 Å². The second-order valence-electron chi connectivity index (χ2n) is 7.35. The number of anilines is 1. The van der Waals surface area contributed by atoms with Gasteiger partial charge in [-0.15, -0.1) is 0 Å². The minimum Gasteiger partial charge on any atom is -0.375 e. The summed E-state index contributed by atoms with van der Waals surface area (Å²) >= 11 is 0. The van der Waals surface area contributed by atoms with E-state index in [-0.39, 0.29) is 5.91 Å². The lowest BCUT2D eigenvalue weighted by molar-refractivity contribution is -0.116. The minimum absolute atomic E-state index is 0.0229. The maximum atomic E-state index is 12.4. The van der Waals surface area contributed by atoms with Gasteiger partial charge in [-0.05, 0) is 24.1 Å². The Labute approximate surface area is 176 Å². The largest absolute Gasteiger partial charge is 0.375 e. The maximum Gasteiger partial charge on any atom is 0.226 e. The summed E-state index contributed by atoms with van der Waals surface area (Å²) in [5.41, 5.74) is 4.24. The number of fused-ring (bicyclic) bond motifs is 1. The molecule has 6 nitrogen and oxygen atoms in total. The quantitative estimate of drug-likeness (QED) is 0.422. The first-order chi connectivity index (χ1) is 14.7. The van der Waals surface area contributed by atoms with Crippen molar-refractivity contribution in [2.45, 2.75) is 33.0 Å². The van der Waals surface area contributed by atoms with Gasteiger partial charge in [0.15, 0.2) is 0 Å². The number of para-hydroxylation sites is 1. The van der Waals surface area contributed by atoms with Crippen LogP contribution in [-0.2, 0) is 29.2 Å². The zero-order valence-electron chi connectivity index (χ0n) is 17.1. The molecule has 30 heavy (non-hydrogen) atoms. The molecule has 0 unspecified atom stereocenters.